The van der Waals surface area contributed by atoms with Crippen molar-refractivity contribution in [1.82, 2.24) is 14.5 Å². The van der Waals surface area contributed by atoms with E-state index in [0.29, 0.717) is 16.4 Å². The minimum atomic E-state index is -0.103. The van der Waals surface area contributed by atoms with E-state index in [1.54, 1.807) is 25.5 Å². The van der Waals surface area contributed by atoms with Crippen LogP contribution in [0.2, 0.25) is 5.15 Å². The zero-order valence-electron chi connectivity index (χ0n) is 8.01. The molecular formula is C10H8ClN3O. The number of halogens is 1. The number of pyridine rings is 1. The molecule has 0 N–H and O–H groups in total. The molecule has 0 aliphatic carbocycles. The predicted octanol–water partition coefficient (Wildman–Crippen LogP) is 1.50. The van der Waals surface area contributed by atoms with Crippen molar-refractivity contribution in [3.8, 4) is 11.3 Å². The van der Waals surface area contributed by atoms with Crippen LogP contribution in [0.1, 0.15) is 0 Å². The summed E-state index contributed by atoms with van der Waals surface area (Å²) in [6, 6.07) is 3.26. The summed E-state index contributed by atoms with van der Waals surface area (Å²) in [4.78, 5) is 19.4. The fourth-order valence-electron chi connectivity index (χ4n) is 1.21. The Morgan fingerprint density at radius 3 is 2.73 bits per heavy atom. The Balaban J connectivity index is 2.60. The van der Waals surface area contributed by atoms with Crippen LogP contribution in [0, 0.1) is 0 Å². The quantitative estimate of drug-likeness (QED) is 0.733. The molecular weight excluding hydrogens is 214 g/mol. The molecule has 0 unspecified atom stereocenters. The van der Waals surface area contributed by atoms with Gasteiger partial charge in [0.1, 0.15) is 5.69 Å². The SMILES string of the molecule is Cn1ccc(-c2nccnc2Cl)cc1=O. The van der Waals surface area contributed by atoms with Crippen LogP contribution in [0.25, 0.3) is 11.3 Å². The van der Waals surface area contributed by atoms with E-state index in [1.165, 1.54) is 16.8 Å². The summed E-state index contributed by atoms with van der Waals surface area (Å²) in [5, 5.41) is 0.297. The highest BCUT2D eigenvalue weighted by atomic mass is 35.5. The van der Waals surface area contributed by atoms with E-state index in [4.69, 9.17) is 11.6 Å². The lowest BCUT2D eigenvalue weighted by Crippen LogP contribution is -2.14. The lowest BCUT2D eigenvalue weighted by Gasteiger charge is -2.02. The summed E-state index contributed by atoms with van der Waals surface area (Å²) in [6.45, 7) is 0. The third-order valence-corrected chi connectivity index (χ3v) is 2.31. The average Bonchev–Trinajstić information content (AvgIpc) is 2.23. The second kappa shape index (κ2) is 3.82. The van der Waals surface area contributed by atoms with Gasteiger partial charge in [0.2, 0.25) is 0 Å². The molecule has 2 aromatic rings. The van der Waals surface area contributed by atoms with Crippen molar-refractivity contribution in [3.05, 3.63) is 46.2 Å². The van der Waals surface area contributed by atoms with Crippen LogP contribution in [0.5, 0.6) is 0 Å². The third-order valence-electron chi connectivity index (χ3n) is 2.03. The second-order valence-corrected chi connectivity index (χ2v) is 3.42. The topological polar surface area (TPSA) is 47.8 Å². The molecule has 0 saturated carbocycles. The van der Waals surface area contributed by atoms with E-state index in [2.05, 4.69) is 9.97 Å². The summed E-state index contributed by atoms with van der Waals surface area (Å²) < 4.78 is 1.48. The Bertz CT molecular complexity index is 550. The van der Waals surface area contributed by atoms with E-state index >= 15 is 0 Å². The van der Waals surface area contributed by atoms with Gasteiger partial charge in [0, 0.05) is 37.3 Å². The Kier molecular flexibility index (Phi) is 2.51. The highest BCUT2D eigenvalue weighted by Crippen LogP contribution is 2.21. The third kappa shape index (κ3) is 1.89. The van der Waals surface area contributed by atoms with Gasteiger partial charge in [0.15, 0.2) is 5.15 Å². The molecule has 2 heterocycles. The Morgan fingerprint density at radius 2 is 2.07 bits per heavy atom. The highest BCUT2D eigenvalue weighted by Gasteiger charge is 2.05. The van der Waals surface area contributed by atoms with Gasteiger partial charge in [-0.3, -0.25) is 9.78 Å². The van der Waals surface area contributed by atoms with Gasteiger partial charge in [-0.1, -0.05) is 11.6 Å². The fourth-order valence-corrected chi connectivity index (χ4v) is 1.42. The lowest BCUT2D eigenvalue weighted by atomic mass is 10.2. The van der Waals surface area contributed by atoms with Crippen molar-refractivity contribution in [2.45, 2.75) is 0 Å². The average molecular weight is 222 g/mol. The van der Waals surface area contributed by atoms with E-state index in [-0.39, 0.29) is 5.56 Å². The Hall–Kier alpha value is -1.68. The first-order valence-electron chi connectivity index (χ1n) is 4.32. The zero-order chi connectivity index (χ0) is 10.8. The molecule has 2 rings (SSSR count). The maximum Gasteiger partial charge on any atom is 0.250 e. The van der Waals surface area contributed by atoms with Crippen molar-refractivity contribution in [2.75, 3.05) is 0 Å². The highest BCUT2D eigenvalue weighted by molar-refractivity contribution is 6.31. The smallest absolute Gasteiger partial charge is 0.250 e. The fraction of sp³-hybridized carbons (Fsp3) is 0.100. The van der Waals surface area contributed by atoms with Crippen LogP contribution >= 0.6 is 11.6 Å². The van der Waals surface area contributed by atoms with Gasteiger partial charge in [-0.05, 0) is 6.07 Å². The van der Waals surface area contributed by atoms with Crippen LogP contribution < -0.4 is 5.56 Å². The van der Waals surface area contributed by atoms with Crippen molar-refractivity contribution in [3.63, 3.8) is 0 Å². The van der Waals surface area contributed by atoms with Crippen molar-refractivity contribution in [1.29, 1.82) is 0 Å². The van der Waals surface area contributed by atoms with Crippen LogP contribution in [0.15, 0.2) is 35.5 Å². The summed E-state index contributed by atoms with van der Waals surface area (Å²) in [5.41, 5.74) is 1.10. The largest absolute Gasteiger partial charge is 0.319 e. The first kappa shape index (κ1) is 9.86. The molecule has 0 spiro atoms. The molecule has 0 aromatic carbocycles. The van der Waals surface area contributed by atoms with Gasteiger partial charge < -0.3 is 4.57 Å². The molecule has 2 aromatic heterocycles. The molecule has 0 fully saturated rings. The lowest BCUT2D eigenvalue weighted by molar-refractivity contribution is 0.861. The molecule has 0 amide bonds. The number of aromatic nitrogens is 3. The van der Waals surface area contributed by atoms with Crippen molar-refractivity contribution < 1.29 is 0 Å². The summed E-state index contributed by atoms with van der Waals surface area (Å²) in [7, 11) is 1.68. The Labute approximate surface area is 91.2 Å². The molecule has 15 heavy (non-hydrogen) atoms. The first-order chi connectivity index (χ1) is 7.18. The van der Waals surface area contributed by atoms with Gasteiger partial charge in [-0.15, -0.1) is 0 Å². The molecule has 5 heteroatoms. The number of hydrogen-bond donors (Lipinski definition) is 0. The maximum absolute atomic E-state index is 11.4. The van der Waals surface area contributed by atoms with Gasteiger partial charge >= 0.3 is 0 Å². The van der Waals surface area contributed by atoms with Crippen LogP contribution in [-0.2, 0) is 7.05 Å². The van der Waals surface area contributed by atoms with Gasteiger partial charge in [0.25, 0.3) is 5.56 Å². The number of nitrogens with zero attached hydrogens (tertiary/aromatic N) is 3. The minimum absolute atomic E-state index is 0.103. The predicted molar refractivity (Wildman–Crippen MR) is 57.7 cm³/mol. The van der Waals surface area contributed by atoms with E-state index in [1.807, 2.05) is 0 Å². The monoisotopic (exact) mass is 221 g/mol. The van der Waals surface area contributed by atoms with Gasteiger partial charge in [0.05, 0.1) is 0 Å². The molecule has 4 nitrogen and oxygen atoms in total. The van der Waals surface area contributed by atoms with Gasteiger partial charge in [-0.2, -0.15) is 0 Å². The number of aryl methyl sites for hydroxylation is 1. The molecule has 0 aliphatic heterocycles. The van der Waals surface area contributed by atoms with Crippen molar-refractivity contribution in [2.24, 2.45) is 7.05 Å². The summed E-state index contributed by atoms with van der Waals surface area (Å²) in [5.74, 6) is 0. The number of rotatable bonds is 1. The van der Waals surface area contributed by atoms with Crippen LogP contribution in [-0.4, -0.2) is 14.5 Å². The standard InChI is InChI=1S/C10H8ClN3O/c1-14-5-2-7(6-8(14)15)9-10(11)13-4-3-12-9/h2-6H,1H3. The van der Waals surface area contributed by atoms with E-state index in [0.717, 1.165) is 0 Å². The number of hydrogen-bond acceptors (Lipinski definition) is 3. The van der Waals surface area contributed by atoms with Crippen molar-refractivity contribution >= 4 is 11.6 Å². The molecule has 0 aliphatic rings. The molecule has 0 bridgehead atoms. The molecule has 0 atom stereocenters. The van der Waals surface area contributed by atoms with Crippen LogP contribution in [0.4, 0.5) is 0 Å². The molecule has 0 saturated heterocycles. The maximum atomic E-state index is 11.4. The molecule has 0 radical (unpaired) electrons. The first-order valence-corrected chi connectivity index (χ1v) is 4.70. The minimum Gasteiger partial charge on any atom is -0.319 e. The summed E-state index contributed by atoms with van der Waals surface area (Å²) >= 11 is 5.87. The Morgan fingerprint density at radius 1 is 1.33 bits per heavy atom. The van der Waals surface area contributed by atoms with E-state index < -0.39 is 0 Å². The van der Waals surface area contributed by atoms with E-state index in [9.17, 15) is 4.79 Å². The normalized spacial score (nSPS) is 10.3. The zero-order valence-corrected chi connectivity index (χ0v) is 8.77. The molecule has 76 valence electrons. The van der Waals surface area contributed by atoms with Gasteiger partial charge in [-0.25, -0.2) is 4.98 Å². The summed E-state index contributed by atoms with van der Waals surface area (Å²) in [6.07, 6.45) is 4.72. The van der Waals surface area contributed by atoms with Crippen LogP contribution in [0.3, 0.4) is 0 Å². The second-order valence-electron chi connectivity index (χ2n) is 3.06.